The molecule has 236 valence electrons. The third kappa shape index (κ3) is 3.66. The van der Waals surface area contributed by atoms with Crippen molar-refractivity contribution < 1.29 is 0 Å². The molecule has 0 saturated carbocycles. The lowest BCUT2D eigenvalue weighted by atomic mass is 9.98. The Bertz CT molecular complexity index is 3330. The average molecular weight is 668 g/mol. The van der Waals surface area contributed by atoms with Gasteiger partial charge in [-0.1, -0.05) is 97.1 Å². The Kier molecular flexibility index (Phi) is 5.32. The minimum Gasteiger partial charge on any atom is -0.308 e. The zero-order valence-electron chi connectivity index (χ0n) is 27.1. The van der Waals surface area contributed by atoms with Crippen molar-refractivity contribution in [3.63, 3.8) is 0 Å². The zero-order valence-corrected chi connectivity index (χ0v) is 27.9. The highest BCUT2D eigenvalue weighted by Crippen LogP contribution is 2.45. The van der Waals surface area contributed by atoms with Gasteiger partial charge in [0.1, 0.15) is 0 Å². The number of benzene rings is 7. The molecule has 0 unspecified atom stereocenters. The van der Waals surface area contributed by atoms with Gasteiger partial charge in [0.25, 0.3) is 0 Å². The van der Waals surface area contributed by atoms with Crippen LogP contribution in [0.2, 0.25) is 0 Å². The average Bonchev–Trinajstić information content (AvgIpc) is 3.96. The van der Waals surface area contributed by atoms with Crippen LogP contribution >= 0.6 is 11.3 Å². The molecule has 12 rings (SSSR count). The number of fused-ring (bicyclic) bond motifs is 12. The molecule has 6 heteroatoms. The van der Waals surface area contributed by atoms with Crippen LogP contribution in [0.25, 0.3) is 109 Å². The molecule has 0 radical (unpaired) electrons. The van der Waals surface area contributed by atoms with Crippen LogP contribution in [0.1, 0.15) is 0 Å². The number of hydrogen-bond donors (Lipinski definition) is 0. The van der Waals surface area contributed by atoms with E-state index >= 15 is 0 Å². The summed E-state index contributed by atoms with van der Waals surface area (Å²) in [6.45, 7) is 0. The third-order valence-electron chi connectivity index (χ3n) is 10.6. The SMILES string of the molecule is c1cc(-c2ccc3c(c2)c2cc4ncsc4c4c5ccccc5n3c24)cc(-c2nc(-n3c4ccccc4c4ccccc43)nc3ccccc23)c1. The van der Waals surface area contributed by atoms with Crippen LogP contribution < -0.4 is 0 Å². The maximum atomic E-state index is 5.35. The first-order valence-corrected chi connectivity index (χ1v) is 18.0. The minimum absolute atomic E-state index is 0.666. The highest BCUT2D eigenvalue weighted by molar-refractivity contribution is 7.18. The lowest BCUT2D eigenvalue weighted by molar-refractivity contribution is 1.01. The molecule has 0 N–H and O–H groups in total. The molecular formula is C45H25N5S. The summed E-state index contributed by atoms with van der Waals surface area (Å²) in [4.78, 5) is 15.3. The number of nitrogens with zero attached hydrogens (tertiary/aromatic N) is 5. The van der Waals surface area contributed by atoms with Crippen LogP contribution in [0.15, 0.2) is 151 Å². The summed E-state index contributed by atoms with van der Waals surface area (Å²) < 4.78 is 5.89. The predicted octanol–water partition coefficient (Wildman–Crippen LogP) is 11.8. The topological polar surface area (TPSA) is 48.0 Å². The Morgan fingerprint density at radius 2 is 1.12 bits per heavy atom. The lowest BCUT2D eigenvalue weighted by Gasteiger charge is -2.12. The molecule has 0 aliphatic carbocycles. The molecule has 0 saturated heterocycles. The number of hydrogen-bond acceptors (Lipinski definition) is 4. The summed E-state index contributed by atoms with van der Waals surface area (Å²) >= 11 is 1.72. The molecular weight excluding hydrogens is 643 g/mol. The Labute approximate surface area is 294 Å². The van der Waals surface area contributed by atoms with Crippen molar-refractivity contribution in [2.24, 2.45) is 0 Å². The van der Waals surface area contributed by atoms with Gasteiger partial charge in [-0.25, -0.2) is 15.0 Å². The van der Waals surface area contributed by atoms with E-state index in [9.17, 15) is 0 Å². The van der Waals surface area contributed by atoms with Gasteiger partial charge in [-0.3, -0.25) is 4.57 Å². The summed E-state index contributed by atoms with van der Waals surface area (Å²) in [5.74, 6) is 0.666. The fourth-order valence-electron chi connectivity index (χ4n) is 8.42. The predicted molar refractivity (Wildman–Crippen MR) is 213 cm³/mol. The highest BCUT2D eigenvalue weighted by atomic mass is 32.1. The van der Waals surface area contributed by atoms with Crippen molar-refractivity contribution in [1.29, 1.82) is 0 Å². The van der Waals surface area contributed by atoms with Crippen molar-refractivity contribution in [1.82, 2.24) is 23.9 Å². The second-order valence-electron chi connectivity index (χ2n) is 13.3. The zero-order chi connectivity index (χ0) is 33.2. The van der Waals surface area contributed by atoms with E-state index in [1.165, 1.54) is 53.6 Å². The Morgan fingerprint density at radius 1 is 0.451 bits per heavy atom. The molecule has 0 amide bonds. The molecule has 51 heavy (non-hydrogen) atoms. The van der Waals surface area contributed by atoms with Crippen LogP contribution in [0.5, 0.6) is 0 Å². The normalized spacial score (nSPS) is 12.3. The maximum Gasteiger partial charge on any atom is 0.235 e. The van der Waals surface area contributed by atoms with E-state index in [4.69, 9.17) is 15.0 Å². The van der Waals surface area contributed by atoms with E-state index in [2.05, 4.69) is 155 Å². The fraction of sp³-hybridized carbons (Fsp3) is 0. The van der Waals surface area contributed by atoms with E-state index in [0.717, 1.165) is 49.8 Å². The van der Waals surface area contributed by atoms with Crippen LogP contribution in [-0.4, -0.2) is 23.9 Å². The summed E-state index contributed by atoms with van der Waals surface area (Å²) in [6, 6.07) is 52.0. The Balaban J connectivity index is 1.08. The third-order valence-corrected chi connectivity index (χ3v) is 11.5. The molecule has 0 bridgehead atoms. The van der Waals surface area contributed by atoms with Gasteiger partial charge < -0.3 is 4.40 Å². The summed E-state index contributed by atoms with van der Waals surface area (Å²) in [7, 11) is 0. The molecule has 0 atom stereocenters. The van der Waals surface area contributed by atoms with Crippen molar-refractivity contribution >= 4 is 92.4 Å². The molecule has 5 aromatic heterocycles. The standard InChI is InChI=1S/C45H25N5S/c1-5-16-35-31(14-1)42(48-45(47-35)50-37-17-6-2-12-29(37)30-13-3-7-18-38(30)50)28-11-9-10-26(22-28)27-20-21-40-33(23-27)34-24-36-44(51-25-46-36)41-32-15-4-8-19-39(32)49(40)43(34)41/h1-25H. The minimum atomic E-state index is 0.666. The quantitative estimate of drug-likeness (QED) is 0.188. The van der Waals surface area contributed by atoms with Crippen molar-refractivity contribution in [2.45, 2.75) is 0 Å². The highest BCUT2D eigenvalue weighted by Gasteiger charge is 2.22. The van der Waals surface area contributed by atoms with Crippen molar-refractivity contribution in [2.75, 3.05) is 0 Å². The van der Waals surface area contributed by atoms with Gasteiger partial charge in [-0.15, -0.1) is 11.3 Å². The summed E-state index contributed by atoms with van der Waals surface area (Å²) in [5, 5.41) is 8.47. The first-order chi connectivity index (χ1) is 25.3. The van der Waals surface area contributed by atoms with E-state index in [1.54, 1.807) is 11.3 Å². The van der Waals surface area contributed by atoms with Crippen LogP contribution in [0, 0.1) is 0 Å². The molecule has 0 fully saturated rings. The summed E-state index contributed by atoms with van der Waals surface area (Å²) in [6.07, 6.45) is 0. The van der Waals surface area contributed by atoms with E-state index in [1.807, 2.05) is 5.51 Å². The van der Waals surface area contributed by atoms with Gasteiger partial charge in [0.05, 0.1) is 54.5 Å². The van der Waals surface area contributed by atoms with Gasteiger partial charge in [-0.2, -0.15) is 0 Å². The van der Waals surface area contributed by atoms with E-state index < -0.39 is 0 Å². The number of aromatic nitrogens is 5. The molecule has 5 nitrogen and oxygen atoms in total. The first kappa shape index (κ1) is 27.2. The van der Waals surface area contributed by atoms with Gasteiger partial charge in [0.2, 0.25) is 5.95 Å². The van der Waals surface area contributed by atoms with Crippen molar-refractivity contribution in [3.8, 4) is 28.3 Å². The fourth-order valence-corrected chi connectivity index (χ4v) is 9.25. The Morgan fingerprint density at radius 3 is 1.94 bits per heavy atom. The van der Waals surface area contributed by atoms with E-state index in [0.29, 0.717) is 5.95 Å². The number of thiazole rings is 1. The monoisotopic (exact) mass is 667 g/mol. The second kappa shape index (κ2) is 9.97. The van der Waals surface area contributed by atoms with Crippen molar-refractivity contribution in [3.05, 3.63) is 151 Å². The molecule has 0 aliphatic heterocycles. The van der Waals surface area contributed by atoms with Gasteiger partial charge in [-0.05, 0) is 59.7 Å². The molecule has 0 aliphatic rings. The van der Waals surface area contributed by atoms with Crippen LogP contribution in [0.3, 0.4) is 0 Å². The molecule has 12 aromatic rings. The molecule has 0 spiro atoms. The summed E-state index contributed by atoms with van der Waals surface area (Å²) in [5.41, 5.74) is 14.1. The lowest BCUT2D eigenvalue weighted by Crippen LogP contribution is -2.03. The van der Waals surface area contributed by atoms with Gasteiger partial charge in [0.15, 0.2) is 0 Å². The first-order valence-electron chi connectivity index (χ1n) is 17.1. The molecule has 5 heterocycles. The second-order valence-corrected chi connectivity index (χ2v) is 14.1. The van der Waals surface area contributed by atoms with Gasteiger partial charge >= 0.3 is 0 Å². The maximum absolute atomic E-state index is 5.35. The largest absolute Gasteiger partial charge is 0.308 e. The molecule has 7 aromatic carbocycles. The van der Waals surface area contributed by atoms with Gasteiger partial charge in [0, 0.05) is 43.3 Å². The number of rotatable bonds is 3. The number of para-hydroxylation sites is 4. The Hall–Kier alpha value is -6.63. The van der Waals surface area contributed by atoms with Crippen LogP contribution in [-0.2, 0) is 0 Å². The van der Waals surface area contributed by atoms with E-state index in [-0.39, 0.29) is 0 Å². The van der Waals surface area contributed by atoms with Crippen LogP contribution in [0.4, 0.5) is 0 Å². The smallest absolute Gasteiger partial charge is 0.235 e.